The van der Waals surface area contributed by atoms with Crippen molar-refractivity contribution < 1.29 is 14.7 Å². The molecule has 1 aromatic carbocycles. The SMILES string of the molecule is CC(=O)N1CCCCCCCN(CC(=O)N2CC(O)C2)Cc2ccccc21. The third-order valence-corrected chi connectivity index (χ3v) is 5.49. The largest absolute Gasteiger partial charge is 0.389 e. The van der Waals surface area contributed by atoms with Gasteiger partial charge in [-0.1, -0.05) is 37.5 Å². The minimum absolute atomic E-state index is 0.0664. The van der Waals surface area contributed by atoms with Gasteiger partial charge >= 0.3 is 0 Å². The number of anilines is 1. The first-order chi connectivity index (χ1) is 13.0. The highest BCUT2D eigenvalue weighted by molar-refractivity contribution is 5.92. The zero-order valence-corrected chi connectivity index (χ0v) is 16.3. The van der Waals surface area contributed by atoms with E-state index in [9.17, 15) is 14.7 Å². The van der Waals surface area contributed by atoms with E-state index in [1.165, 1.54) is 0 Å². The molecule has 2 aliphatic heterocycles. The molecule has 2 heterocycles. The van der Waals surface area contributed by atoms with Crippen LogP contribution in [0.15, 0.2) is 24.3 Å². The van der Waals surface area contributed by atoms with Crippen LogP contribution in [0.3, 0.4) is 0 Å². The molecule has 1 N–H and O–H groups in total. The summed E-state index contributed by atoms with van der Waals surface area (Å²) >= 11 is 0. The number of β-amino-alcohol motifs (C(OH)–C–C–N with tert-alkyl or cyclic N) is 1. The summed E-state index contributed by atoms with van der Waals surface area (Å²) in [5.41, 5.74) is 2.05. The molecule has 6 nitrogen and oxygen atoms in total. The first-order valence-electron chi connectivity index (χ1n) is 10.1. The lowest BCUT2D eigenvalue weighted by molar-refractivity contribution is -0.142. The number of carbonyl (C=O) groups is 2. The molecule has 1 aromatic rings. The van der Waals surface area contributed by atoms with Gasteiger partial charge in [0.25, 0.3) is 0 Å². The Hall–Kier alpha value is -1.92. The summed E-state index contributed by atoms with van der Waals surface area (Å²) in [5.74, 6) is 0.144. The van der Waals surface area contributed by atoms with Crippen molar-refractivity contribution in [2.45, 2.75) is 51.7 Å². The molecule has 27 heavy (non-hydrogen) atoms. The summed E-state index contributed by atoms with van der Waals surface area (Å²) in [7, 11) is 0. The van der Waals surface area contributed by atoms with Crippen molar-refractivity contribution in [3.8, 4) is 0 Å². The molecule has 0 aliphatic carbocycles. The molecule has 0 aromatic heterocycles. The monoisotopic (exact) mass is 373 g/mol. The fourth-order valence-corrected chi connectivity index (χ4v) is 3.90. The van der Waals surface area contributed by atoms with Crippen LogP contribution in [0, 0.1) is 0 Å². The number of hydrogen-bond acceptors (Lipinski definition) is 4. The number of carbonyl (C=O) groups excluding carboxylic acids is 2. The average Bonchev–Trinajstić information content (AvgIpc) is 2.60. The third kappa shape index (κ3) is 5.30. The molecular formula is C21H31N3O3. The Kier molecular flexibility index (Phi) is 6.85. The number of para-hydroxylation sites is 1. The summed E-state index contributed by atoms with van der Waals surface area (Å²) < 4.78 is 0. The Bertz CT molecular complexity index is 658. The van der Waals surface area contributed by atoms with Gasteiger partial charge < -0.3 is 14.9 Å². The normalized spacial score (nSPS) is 20.2. The fraction of sp³-hybridized carbons (Fsp3) is 0.619. The quantitative estimate of drug-likeness (QED) is 0.861. The number of aliphatic hydroxyl groups is 1. The number of rotatable bonds is 2. The first-order valence-corrected chi connectivity index (χ1v) is 10.1. The van der Waals surface area contributed by atoms with Crippen molar-refractivity contribution in [1.82, 2.24) is 9.80 Å². The molecule has 0 spiro atoms. The Morgan fingerprint density at radius 2 is 1.70 bits per heavy atom. The van der Waals surface area contributed by atoms with Gasteiger partial charge in [-0.3, -0.25) is 14.5 Å². The predicted octanol–water partition coefficient (Wildman–Crippen LogP) is 2.01. The van der Waals surface area contributed by atoms with Gasteiger partial charge in [-0.05, 0) is 31.0 Å². The summed E-state index contributed by atoms with van der Waals surface area (Å²) in [6.07, 6.45) is 5.16. The molecule has 2 amide bonds. The van der Waals surface area contributed by atoms with Gasteiger partial charge in [0.2, 0.25) is 11.8 Å². The molecule has 0 saturated carbocycles. The second-order valence-corrected chi connectivity index (χ2v) is 7.73. The van der Waals surface area contributed by atoms with Gasteiger partial charge in [0, 0.05) is 38.8 Å². The molecule has 6 heteroatoms. The van der Waals surface area contributed by atoms with E-state index in [0.717, 1.165) is 56.4 Å². The first kappa shape index (κ1) is 19.8. The van der Waals surface area contributed by atoms with Crippen molar-refractivity contribution >= 4 is 17.5 Å². The van der Waals surface area contributed by atoms with E-state index in [0.29, 0.717) is 26.2 Å². The summed E-state index contributed by atoms with van der Waals surface area (Å²) in [6.45, 7) is 5.15. The highest BCUT2D eigenvalue weighted by atomic mass is 16.3. The molecule has 3 rings (SSSR count). The Labute approximate surface area is 161 Å². The van der Waals surface area contributed by atoms with E-state index in [4.69, 9.17) is 0 Å². The van der Waals surface area contributed by atoms with Gasteiger partial charge in [0.15, 0.2) is 0 Å². The van der Waals surface area contributed by atoms with Crippen LogP contribution in [0.2, 0.25) is 0 Å². The number of fused-ring (bicyclic) bond motifs is 1. The molecule has 2 aliphatic rings. The summed E-state index contributed by atoms with van der Waals surface area (Å²) in [4.78, 5) is 30.5. The van der Waals surface area contributed by atoms with Crippen LogP contribution in [0.5, 0.6) is 0 Å². The molecule has 1 saturated heterocycles. The molecule has 1 fully saturated rings. The van der Waals surface area contributed by atoms with Gasteiger partial charge in [-0.25, -0.2) is 0 Å². The molecule has 148 valence electrons. The van der Waals surface area contributed by atoms with Crippen molar-refractivity contribution in [3.05, 3.63) is 29.8 Å². The summed E-state index contributed by atoms with van der Waals surface area (Å²) in [5, 5.41) is 9.45. The lowest BCUT2D eigenvalue weighted by Crippen LogP contribution is -2.55. The third-order valence-electron chi connectivity index (χ3n) is 5.49. The second-order valence-electron chi connectivity index (χ2n) is 7.73. The zero-order chi connectivity index (χ0) is 19.2. The van der Waals surface area contributed by atoms with E-state index >= 15 is 0 Å². The zero-order valence-electron chi connectivity index (χ0n) is 16.3. The minimum atomic E-state index is -0.370. The second kappa shape index (κ2) is 9.33. The van der Waals surface area contributed by atoms with Crippen molar-refractivity contribution in [3.63, 3.8) is 0 Å². The average molecular weight is 373 g/mol. The number of amides is 2. The Morgan fingerprint density at radius 3 is 2.41 bits per heavy atom. The number of hydrogen-bond donors (Lipinski definition) is 1. The van der Waals surface area contributed by atoms with Crippen LogP contribution in [-0.4, -0.2) is 65.5 Å². The van der Waals surface area contributed by atoms with Crippen LogP contribution >= 0.6 is 0 Å². The van der Waals surface area contributed by atoms with Gasteiger partial charge in [0.1, 0.15) is 0 Å². The summed E-state index contributed by atoms with van der Waals surface area (Å²) in [6, 6.07) is 8.03. The minimum Gasteiger partial charge on any atom is -0.389 e. The fourth-order valence-electron chi connectivity index (χ4n) is 3.90. The molecular weight excluding hydrogens is 342 g/mol. The number of likely N-dealkylation sites (tertiary alicyclic amines) is 1. The van der Waals surface area contributed by atoms with Crippen LogP contribution in [0.25, 0.3) is 0 Å². The van der Waals surface area contributed by atoms with Crippen LogP contribution in [0.1, 0.15) is 44.6 Å². The smallest absolute Gasteiger partial charge is 0.236 e. The van der Waals surface area contributed by atoms with Crippen molar-refractivity contribution in [2.75, 3.05) is 37.6 Å². The highest BCUT2D eigenvalue weighted by Crippen LogP contribution is 2.24. The lowest BCUT2D eigenvalue weighted by atomic mass is 10.1. The Morgan fingerprint density at radius 1 is 1.04 bits per heavy atom. The maximum absolute atomic E-state index is 12.5. The lowest BCUT2D eigenvalue weighted by Gasteiger charge is -2.37. The van der Waals surface area contributed by atoms with E-state index in [-0.39, 0.29) is 17.9 Å². The van der Waals surface area contributed by atoms with Gasteiger partial charge in [-0.2, -0.15) is 0 Å². The van der Waals surface area contributed by atoms with Crippen molar-refractivity contribution in [2.24, 2.45) is 0 Å². The molecule has 0 unspecified atom stereocenters. The predicted molar refractivity (Wildman–Crippen MR) is 105 cm³/mol. The van der Waals surface area contributed by atoms with E-state index < -0.39 is 0 Å². The topological polar surface area (TPSA) is 64.1 Å². The van der Waals surface area contributed by atoms with Crippen LogP contribution in [-0.2, 0) is 16.1 Å². The number of aliphatic hydroxyl groups excluding tert-OH is 1. The van der Waals surface area contributed by atoms with Crippen LogP contribution in [0.4, 0.5) is 5.69 Å². The van der Waals surface area contributed by atoms with Gasteiger partial charge in [-0.15, -0.1) is 0 Å². The van der Waals surface area contributed by atoms with Crippen molar-refractivity contribution in [1.29, 1.82) is 0 Å². The maximum atomic E-state index is 12.5. The van der Waals surface area contributed by atoms with E-state index in [1.54, 1.807) is 11.8 Å². The number of nitrogens with zero attached hydrogens (tertiary/aromatic N) is 3. The van der Waals surface area contributed by atoms with Gasteiger partial charge in [0.05, 0.1) is 12.6 Å². The molecule has 0 radical (unpaired) electrons. The molecule has 0 bridgehead atoms. The number of benzene rings is 1. The maximum Gasteiger partial charge on any atom is 0.236 e. The van der Waals surface area contributed by atoms with E-state index in [1.807, 2.05) is 23.1 Å². The molecule has 0 atom stereocenters. The van der Waals surface area contributed by atoms with E-state index in [2.05, 4.69) is 11.0 Å². The standard InChI is InChI=1S/C21H31N3O3/c1-17(25)24-12-8-4-2-3-7-11-22(13-18-9-5-6-10-20(18)24)16-21(27)23-14-19(26)15-23/h5-6,9-10,19,26H,2-4,7-8,11-16H2,1H3. The van der Waals surface area contributed by atoms with Crippen LogP contribution < -0.4 is 4.90 Å². The Balaban J connectivity index is 1.77. The highest BCUT2D eigenvalue weighted by Gasteiger charge is 2.29.